The number of carbonyl (C=O) groups is 2. The maximum Gasteiger partial charge on any atom is 0.254 e. The average molecular weight is 449 g/mol. The summed E-state index contributed by atoms with van der Waals surface area (Å²) in [6, 6.07) is 5.00. The molecule has 168 valence electrons. The van der Waals surface area contributed by atoms with Crippen LogP contribution in [0.15, 0.2) is 23.6 Å². The quantitative estimate of drug-likeness (QED) is 0.626. The van der Waals surface area contributed by atoms with Crippen molar-refractivity contribution in [3.05, 3.63) is 34.8 Å². The SMILES string of the molecule is COc1cc(OC)cc(C(=O)N(CCN2CCOCC2)CC(=O)Nc2nc(C)cs2)c1. The molecule has 0 atom stereocenters. The topological polar surface area (TPSA) is 93.2 Å². The second-order valence-corrected chi connectivity index (χ2v) is 7.98. The molecule has 2 heterocycles. The fourth-order valence-electron chi connectivity index (χ4n) is 3.20. The number of morpholine rings is 1. The highest BCUT2D eigenvalue weighted by molar-refractivity contribution is 7.13. The van der Waals surface area contributed by atoms with E-state index in [1.165, 1.54) is 25.6 Å². The third kappa shape index (κ3) is 6.65. The van der Waals surface area contributed by atoms with E-state index in [9.17, 15) is 9.59 Å². The molecule has 1 aromatic carbocycles. The van der Waals surface area contributed by atoms with Gasteiger partial charge < -0.3 is 24.4 Å². The lowest BCUT2D eigenvalue weighted by Gasteiger charge is -2.30. The third-order valence-electron chi connectivity index (χ3n) is 4.88. The highest BCUT2D eigenvalue weighted by atomic mass is 32.1. The van der Waals surface area contributed by atoms with Crippen LogP contribution in [0.3, 0.4) is 0 Å². The molecule has 10 heteroatoms. The van der Waals surface area contributed by atoms with Gasteiger partial charge >= 0.3 is 0 Å². The first kappa shape index (κ1) is 23.0. The van der Waals surface area contributed by atoms with Gasteiger partial charge in [0, 0.05) is 43.2 Å². The van der Waals surface area contributed by atoms with E-state index < -0.39 is 0 Å². The van der Waals surface area contributed by atoms with Gasteiger partial charge in [-0.1, -0.05) is 0 Å². The molecule has 1 N–H and O–H groups in total. The minimum absolute atomic E-state index is 0.0820. The number of thiazole rings is 1. The smallest absolute Gasteiger partial charge is 0.254 e. The van der Waals surface area contributed by atoms with E-state index in [-0.39, 0.29) is 18.4 Å². The summed E-state index contributed by atoms with van der Waals surface area (Å²) in [5, 5.41) is 5.15. The summed E-state index contributed by atoms with van der Waals surface area (Å²) in [5.41, 5.74) is 1.24. The molecule has 1 aromatic heterocycles. The van der Waals surface area contributed by atoms with Crippen LogP contribution in [-0.2, 0) is 9.53 Å². The Hall–Kier alpha value is -2.69. The van der Waals surface area contributed by atoms with Gasteiger partial charge in [-0.2, -0.15) is 0 Å². The van der Waals surface area contributed by atoms with Crippen molar-refractivity contribution in [2.45, 2.75) is 6.92 Å². The number of nitrogens with zero attached hydrogens (tertiary/aromatic N) is 3. The van der Waals surface area contributed by atoms with Gasteiger partial charge in [0.05, 0.1) is 33.1 Å². The minimum Gasteiger partial charge on any atom is -0.497 e. The normalized spacial score (nSPS) is 14.2. The molecule has 0 bridgehead atoms. The van der Waals surface area contributed by atoms with Crippen molar-refractivity contribution in [2.75, 3.05) is 65.5 Å². The van der Waals surface area contributed by atoms with E-state index in [1.807, 2.05) is 12.3 Å². The van der Waals surface area contributed by atoms with Crippen LogP contribution in [0.25, 0.3) is 0 Å². The van der Waals surface area contributed by atoms with Crippen LogP contribution in [0.2, 0.25) is 0 Å². The van der Waals surface area contributed by atoms with Crippen molar-refractivity contribution in [1.29, 1.82) is 0 Å². The van der Waals surface area contributed by atoms with Crippen LogP contribution in [0.1, 0.15) is 16.1 Å². The highest BCUT2D eigenvalue weighted by Gasteiger charge is 2.22. The number of rotatable bonds is 9. The van der Waals surface area contributed by atoms with Gasteiger partial charge in [-0.25, -0.2) is 4.98 Å². The zero-order chi connectivity index (χ0) is 22.2. The summed E-state index contributed by atoms with van der Waals surface area (Å²) in [7, 11) is 3.06. The van der Waals surface area contributed by atoms with Crippen LogP contribution in [0, 0.1) is 6.92 Å². The zero-order valence-electron chi connectivity index (χ0n) is 18.1. The number of carbonyl (C=O) groups excluding carboxylic acids is 2. The van der Waals surface area contributed by atoms with Gasteiger partial charge in [0.15, 0.2) is 5.13 Å². The third-order valence-corrected chi connectivity index (χ3v) is 5.75. The van der Waals surface area contributed by atoms with E-state index in [4.69, 9.17) is 14.2 Å². The van der Waals surface area contributed by atoms with Crippen LogP contribution < -0.4 is 14.8 Å². The Morgan fingerprint density at radius 3 is 2.45 bits per heavy atom. The molecule has 0 unspecified atom stereocenters. The van der Waals surface area contributed by atoms with E-state index in [0.29, 0.717) is 48.5 Å². The first-order chi connectivity index (χ1) is 15.0. The van der Waals surface area contributed by atoms with Crippen molar-refractivity contribution < 1.29 is 23.8 Å². The lowest BCUT2D eigenvalue weighted by atomic mass is 10.1. The van der Waals surface area contributed by atoms with Crippen molar-refractivity contribution in [2.24, 2.45) is 0 Å². The summed E-state index contributed by atoms with van der Waals surface area (Å²) < 4.78 is 16.0. The standard InChI is InChI=1S/C21H28N4O5S/c1-15-14-31-21(22-15)23-19(26)13-25(5-4-24-6-8-30-9-7-24)20(27)16-10-17(28-2)12-18(11-16)29-3/h10-12,14H,4-9,13H2,1-3H3,(H,22,23,26). The Morgan fingerprint density at radius 1 is 1.19 bits per heavy atom. The number of ether oxygens (including phenoxy) is 3. The van der Waals surface area contributed by atoms with Gasteiger partial charge in [-0.15, -0.1) is 11.3 Å². The Bertz CT molecular complexity index is 875. The molecule has 1 aliphatic rings. The molecule has 0 saturated carbocycles. The maximum absolute atomic E-state index is 13.3. The first-order valence-electron chi connectivity index (χ1n) is 10.0. The van der Waals surface area contributed by atoms with Crippen molar-refractivity contribution in [3.8, 4) is 11.5 Å². The number of hydrogen-bond acceptors (Lipinski definition) is 8. The van der Waals surface area contributed by atoms with Gasteiger partial charge in [0.25, 0.3) is 5.91 Å². The van der Waals surface area contributed by atoms with Gasteiger partial charge in [-0.05, 0) is 19.1 Å². The van der Waals surface area contributed by atoms with E-state index in [0.717, 1.165) is 18.8 Å². The second kappa shape index (κ2) is 11.1. The number of benzene rings is 1. The Kier molecular flexibility index (Phi) is 8.21. The molecule has 1 fully saturated rings. The molecule has 3 rings (SSSR count). The molecule has 0 radical (unpaired) electrons. The Balaban J connectivity index is 1.74. The van der Waals surface area contributed by atoms with Gasteiger partial charge in [0.2, 0.25) is 5.91 Å². The number of methoxy groups -OCH3 is 2. The summed E-state index contributed by atoms with van der Waals surface area (Å²) >= 11 is 1.35. The minimum atomic E-state index is -0.292. The predicted molar refractivity (Wildman–Crippen MR) is 118 cm³/mol. The lowest BCUT2D eigenvalue weighted by molar-refractivity contribution is -0.117. The second-order valence-electron chi connectivity index (χ2n) is 7.12. The van der Waals surface area contributed by atoms with Gasteiger partial charge in [0.1, 0.15) is 18.0 Å². The molecule has 2 aromatic rings. The predicted octanol–water partition coefficient (Wildman–Crippen LogP) is 1.88. The molecule has 1 aliphatic heterocycles. The maximum atomic E-state index is 13.3. The molecule has 1 saturated heterocycles. The molecule has 0 spiro atoms. The number of hydrogen-bond donors (Lipinski definition) is 1. The van der Waals surface area contributed by atoms with Crippen LogP contribution in [0.4, 0.5) is 5.13 Å². The highest BCUT2D eigenvalue weighted by Crippen LogP contribution is 2.23. The molecule has 2 amide bonds. The van der Waals surface area contributed by atoms with Crippen LogP contribution in [0.5, 0.6) is 11.5 Å². The number of amides is 2. The molecule has 9 nitrogen and oxygen atoms in total. The largest absolute Gasteiger partial charge is 0.497 e. The average Bonchev–Trinajstić information content (AvgIpc) is 3.20. The van der Waals surface area contributed by atoms with E-state index in [1.54, 1.807) is 23.1 Å². The Morgan fingerprint density at radius 2 is 1.87 bits per heavy atom. The fourth-order valence-corrected chi connectivity index (χ4v) is 3.90. The fraction of sp³-hybridized carbons (Fsp3) is 0.476. The Labute approximate surface area is 185 Å². The lowest BCUT2D eigenvalue weighted by Crippen LogP contribution is -2.45. The number of aromatic nitrogens is 1. The van der Waals surface area contributed by atoms with Crippen molar-refractivity contribution >= 4 is 28.3 Å². The van der Waals surface area contributed by atoms with Crippen molar-refractivity contribution in [1.82, 2.24) is 14.8 Å². The molecule has 31 heavy (non-hydrogen) atoms. The first-order valence-corrected chi connectivity index (χ1v) is 10.9. The summed E-state index contributed by atoms with van der Waals surface area (Å²) in [4.78, 5) is 34.0. The summed E-state index contributed by atoms with van der Waals surface area (Å²) in [6.07, 6.45) is 0. The van der Waals surface area contributed by atoms with Crippen molar-refractivity contribution in [3.63, 3.8) is 0 Å². The molecular formula is C21H28N4O5S. The van der Waals surface area contributed by atoms with E-state index >= 15 is 0 Å². The van der Waals surface area contributed by atoms with Crippen LogP contribution >= 0.6 is 11.3 Å². The summed E-state index contributed by atoms with van der Waals surface area (Å²) in [5.74, 6) is 0.465. The monoisotopic (exact) mass is 448 g/mol. The number of anilines is 1. The number of nitrogens with one attached hydrogen (secondary N) is 1. The zero-order valence-corrected chi connectivity index (χ0v) is 18.9. The van der Waals surface area contributed by atoms with Crippen LogP contribution in [-0.4, -0.2) is 86.8 Å². The van der Waals surface area contributed by atoms with E-state index in [2.05, 4.69) is 15.2 Å². The summed E-state index contributed by atoms with van der Waals surface area (Å²) in [6.45, 7) is 5.79. The molecule has 0 aliphatic carbocycles. The number of aryl methyl sites for hydroxylation is 1. The molecular weight excluding hydrogens is 420 g/mol. The van der Waals surface area contributed by atoms with Gasteiger partial charge in [-0.3, -0.25) is 14.5 Å².